The quantitative estimate of drug-likeness (QED) is 0.445. The van der Waals surface area contributed by atoms with E-state index in [0.717, 1.165) is 11.0 Å². The molecule has 0 saturated heterocycles. The highest BCUT2D eigenvalue weighted by Gasteiger charge is 2.41. The van der Waals surface area contributed by atoms with Gasteiger partial charge in [-0.15, -0.1) is 4.80 Å². The highest BCUT2D eigenvalue weighted by atomic mass is 35.5. The Labute approximate surface area is 188 Å². The van der Waals surface area contributed by atoms with Gasteiger partial charge in [-0.3, -0.25) is 4.79 Å². The van der Waals surface area contributed by atoms with Crippen LogP contribution in [0.4, 0.5) is 24.5 Å². The van der Waals surface area contributed by atoms with Crippen molar-refractivity contribution < 1.29 is 22.7 Å². The molecule has 0 unspecified atom stereocenters. The van der Waals surface area contributed by atoms with Crippen molar-refractivity contribution in [3.63, 3.8) is 0 Å². The number of carbonyl (C=O) groups is 1. The molecule has 170 valence electrons. The summed E-state index contributed by atoms with van der Waals surface area (Å²) in [6, 6.07) is 2.68. The number of nitrogens with zero attached hydrogens (tertiary/aromatic N) is 7. The van der Waals surface area contributed by atoms with Crippen molar-refractivity contribution in [3.05, 3.63) is 59.4 Å². The zero-order valence-corrected chi connectivity index (χ0v) is 17.3. The molecule has 15 heteroatoms. The van der Waals surface area contributed by atoms with Crippen LogP contribution in [0.25, 0.3) is 11.6 Å². The molecule has 4 heterocycles. The third kappa shape index (κ3) is 4.15. The van der Waals surface area contributed by atoms with Gasteiger partial charge in [-0.2, -0.15) is 28.5 Å². The molecular weight excluding hydrogens is 467 g/mol. The molecule has 0 radical (unpaired) electrons. The van der Waals surface area contributed by atoms with Gasteiger partial charge < -0.3 is 15.8 Å². The summed E-state index contributed by atoms with van der Waals surface area (Å²) < 4.78 is 47.2. The Balaban J connectivity index is 1.70. The van der Waals surface area contributed by atoms with Crippen molar-refractivity contribution >= 4 is 28.9 Å². The number of rotatable bonds is 5. The predicted molar refractivity (Wildman–Crippen MR) is 109 cm³/mol. The van der Waals surface area contributed by atoms with E-state index in [1.165, 1.54) is 44.0 Å². The second-order valence-corrected chi connectivity index (χ2v) is 6.75. The monoisotopic (exact) mass is 479 g/mol. The SMILES string of the molecule is COc1ccnc(-n2ncc(C(=O)Nc3cnc(-n4nccn4)c(N)c3)c2C(F)(F)F)c1Cl. The molecule has 33 heavy (non-hydrogen) atoms. The van der Waals surface area contributed by atoms with E-state index in [2.05, 4.69) is 30.6 Å². The van der Waals surface area contributed by atoms with Gasteiger partial charge in [-0.05, 0) is 6.07 Å². The summed E-state index contributed by atoms with van der Waals surface area (Å²) in [7, 11) is 1.30. The van der Waals surface area contributed by atoms with E-state index in [-0.39, 0.29) is 33.8 Å². The van der Waals surface area contributed by atoms with E-state index in [9.17, 15) is 18.0 Å². The number of nitrogens with two attached hydrogens (primary N) is 1. The first-order valence-electron chi connectivity index (χ1n) is 8.98. The van der Waals surface area contributed by atoms with Crippen LogP contribution in [-0.4, -0.2) is 47.8 Å². The maximum absolute atomic E-state index is 13.9. The normalized spacial score (nSPS) is 11.4. The number of hydrogen-bond donors (Lipinski definition) is 2. The van der Waals surface area contributed by atoms with E-state index >= 15 is 0 Å². The van der Waals surface area contributed by atoms with Crippen LogP contribution in [-0.2, 0) is 6.18 Å². The first-order valence-corrected chi connectivity index (χ1v) is 9.36. The number of halogens is 4. The molecule has 0 spiro atoms. The molecule has 0 aliphatic carbocycles. The Kier molecular flexibility index (Phi) is 5.59. The van der Waals surface area contributed by atoms with Gasteiger partial charge in [-0.1, -0.05) is 11.6 Å². The standard InChI is InChI=1S/C18H13ClF3N9O2/c1-33-12-2-3-24-16(13(12)19)30-14(18(20,21)22)10(8-28-30)17(32)29-9-6-11(23)15(25-7-9)31-26-4-5-27-31/h2-8H,23H2,1H3,(H,29,32). The highest BCUT2D eigenvalue weighted by molar-refractivity contribution is 6.33. The third-order valence-electron chi connectivity index (χ3n) is 4.30. The van der Waals surface area contributed by atoms with E-state index in [1.807, 2.05) is 0 Å². The summed E-state index contributed by atoms with van der Waals surface area (Å²) >= 11 is 6.11. The molecule has 4 rings (SSSR count). The van der Waals surface area contributed by atoms with Crippen LogP contribution in [0.15, 0.2) is 43.1 Å². The van der Waals surface area contributed by atoms with Crippen LogP contribution in [0.3, 0.4) is 0 Å². The molecule has 0 aliphatic heterocycles. The van der Waals surface area contributed by atoms with Gasteiger partial charge >= 0.3 is 6.18 Å². The van der Waals surface area contributed by atoms with Gasteiger partial charge in [0.05, 0.1) is 48.8 Å². The van der Waals surface area contributed by atoms with Crippen LogP contribution < -0.4 is 15.8 Å². The molecule has 0 aliphatic rings. The Morgan fingerprint density at radius 3 is 2.48 bits per heavy atom. The average Bonchev–Trinajstić information content (AvgIpc) is 3.44. The van der Waals surface area contributed by atoms with Gasteiger partial charge in [-0.25, -0.2) is 14.6 Å². The minimum Gasteiger partial charge on any atom is -0.495 e. The van der Waals surface area contributed by atoms with E-state index in [4.69, 9.17) is 22.1 Å². The number of nitrogens with one attached hydrogen (secondary N) is 1. The zero-order chi connectivity index (χ0) is 23.8. The zero-order valence-electron chi connectivity index (χ0n) is 16.6. The predicted octanol–water partition coefficient (Wildman–Crippen LogP) is 2.76. The number of amides is 1. The molecule has 0 saturated carbocycles. The van der Waals surface area contributed by atoms with Gasteiger partial charge in [0.15, 0.2) is 17.3 Å². The topological polar surface area (TPSA) is 139 Å². The highest BCUT2D eigenvalue weighted by Crippen LogP contribution is 2.36. The second kappa shape index (κ2) is 8.38. The number of ether oxygens (including phenoxy) is 1. The van der Waals surface area contributed by atoms with Crippen molar-refractivity contribution in [2.75, 3.05) is 18.2 Å². The summed E-state index contributed by atoms with van der Waals surface area (Å²) in [4.78, 5) is 21.8. The fourth-order valence-electron chi connectivity index (χ4n) is 2.90. The van der Waals surface area contributed by atoms with Crippen molar-refractivity contribution in [3.8, 4) is 17.4 Å². The fourth-order valence-corrected chi connectivity index (χ4v) is 3.17. The van der Waals surface area contributed by atoms with E-state index < -0.39 is 23.3 Å². The number of hydrogen-bond acceptors (Lipinski definition) is 8. The minimum absolute atomic E-state index is 0.0480. The molecule has 1 amide bonds. The Morgan fingerprint density at radius 1 is 1.12 bits per heavy atom. The number of alkyl halides is 3. The molecule has 0 bridgehead atoms. The third-order valence-corrected chi connectivity index (χ3v) is 4.65. The Hall–Kier alpha value is -4.20. The fraction of sp³-hybridized carbons (Fsp3) is 0.111. The van der Waals surface area contributed by atoms with Crippen LogP contribution in [0, 0.1) is 0 Å². The minimum atomic E-state index is -4.97. The molecule has 0 fully saturated rings. The van der Waals surface area contributed by atoms with Crippen LogP contribution in [0.2, 0.25) is 5.02 Å². The largest absolute Gasteiger partial charge is 0.495 e. The summed E-state index contributed by atoms with van der Waals surface area (Å²) in [5.41, 5.74) is 3.90. The Bertz CT molecular complexity index is 1320. The average molecular weight is 480 g/mol. The molecule has 3 N–H and O–H groups in total. The number of carbonyl (C=O) groups excluding carboxylic acids is 1. The van der Waals surface area contributed by atoms with Crippen molar-refractivity contribution in [2.45, 2.75) is 6.18 Å². The van der Waals surface area contributed by atoms with Gasteiger partial charge in [0.25, 0.3) is 5.91 Å². The van der Waals surface area contributed by atoms with Crippen LogP contribution in [0.1, 0.15) is 16.1 Å². The lowest BCUT2D eigenvalue weighted by Crippen LogP contribution is -2.21. The number of aromatic nitrogens is 7. The Morgan fingerprint density at radius 2 is 1.85 bits per heavy atom. The second-order valence-electron chi connectivity index (χ2n) is 6.38. The molecule has 0 atom stereocenters. The van der Waals surface area contributed by atoms with Gasteiger partial charge in [0.1, 0.15) is 10.8 Å². The van der Waals surface area contributed by atoms with E-state index in [0.29, 0.717) is 4.68 Å². The first kappa shape index (κ1) is 22.0. The molecule has 11 nitrogen and oxygen atoms in total. The number of methoxy groups -OCH3 is 1. The molecular formula is C18H13ClF3N9O2. The molecule has 4 aromatic rings. The summed E-state index contributed by atoms with van der Waals surface area (Å²) in [5.74, 6) is -1.19. The lowest BCUT2D eigenvalue weighted by atomic mass is 10.2. The lowest BCUT2D eigenvalue weighted by molar-refractivity contribution is -0.143. The molecule has 0 aromatic carbocycles. The van der Waals surface area contributed by atoms with Crippen LogP contribution in [0.5, 0.6) is 5.75 Å². The summed E-state index contributed by atoms with van der Waals surface area (Å²) in [6.07, 6.45) is 1.02. The van der Waals surface area contributed by atoms with Crippen molar-refractivity contribution in [2.24, 2.45) is 0 Å². The van der Waals surface area contributed by atoms with Gasteiger partial charge in [0.2, 0.25) is 0 Å². The van der Waals surface area contributed by atoms with Crippen molar-refractivity contribution in [1.82, 2.24) is 34.7 Å². The molecule has 4 aromatic heterocycles. The lowest BCUT2D eigenvalue weighted by Gasteiger charge is -2.14. The summed E-state index contributed by atoms with van der Waals surface area (Å²) in [5, 5.41) is 13.6. The van der Waals surface area contributed by atoms with E-state index in [1.54, 1.807) is 0 Å². The van der Waals surface area contributed by atoms with Crippen molar-refractivity contribution in [1.29, 1.82) is 0 Å². The number of anilines is 2. The van der Waals surface area contributed by atoms with Gasteiger partial charge in [0, 0.05) is 12.3 Å². The summed E-state index contributed by atoms with van der Waals surface area (Å²) in [6.45, 7) is 0. The maximum atomic E-state index is 13.9. The van der Waals surface area contributed by atoms with Crippen LogP contribution >= 0.6 is 11.6 Å². The smallest absolute Gasteiger partial charge is 0.434 e. The first-order chi connectivity index (χ1) is 15.7. The number of nitrogen functional groups attached to an aromatic ring is 1. The maximum Gasteiger partial charge on any atom is 0.434 e. The number of pyridine rings is 2.